The maximum Gasteiger partial charge on any atom is 0.335 e. The van der Waals surface area contributed by atoms with Crippen molar-refractivity contribution in [3.8, 4) is 0 Å². The van der Waals surface area contributed by atoms with Gasteiger partial charge in [-0.1, -0.05) is 0 Å². The van der Waals surface area contributed by atoms with E-state index in [1.807, 2.05) is 0 Å². The Kier molecular flexibility index (Phi) is 3.08. The molecule has 19 heavy (non-hydrogen) atoms. The van der Waals surface area contributed by atoms with Gasteiger partial charge in [-0.3, -0.25) is 0 Å². The van der Waals surface area contributed by atoms with Crippen molar-refractivity contribution in [3.63, 3.8) is 0 Å². The highest BCUT2D eigenvalue weighted by molar-refractivity contribution is 5.92. The predicted molar refractivity (Wildman–Crippen MR) is 70.7 cm³/mol. The third-order valence-electron chi connectivity index (χ3n) is 3.23. The molecule has 0 amide bonds. The quantitative estimate of drug-likeness (QED) is 0.849. The third kappa shape index (κ3) is 2.39. The number of anilines is 1. The molecule has 2 aromatic rings. The Morgan fingerprint density at radius 2 is 2.26 bits per heavy atom. The van der Waals surface area contributed by atoms with Crippen LogP contribution in [0.15, 0.2) is 22.6 Å². The van der Waals surface area contributed by atoms with Gasteiger partial charge in [-0.25, -0.2) is 4.79 Å². The Balaban J connectivity index is 1.94. The van der Waals surface area contributed by atoms with Gasteiger partial charge in [0, 0.05) is 19.6 Å². The molecular formula is C13H15N3O3. The SMILES string of the molecule is O=C(O)c1ccc2nc(N3CCCNCC3)oc2c1. The van der Waals surface area contributed by atoms with Gasteiger partial charge in [-0.15, -0.1) is 0 Å². The average Bonchev–Trinajstić information content (AvgIpc) is 2.64. The van der Waals surface area contributed by atoms with Crippen molar-refractivity contribution in [1.29, 1.82) is 0 Å². The monoisotopic (exact) mass is 261 g/mol. The molecule has 0 atom stereocenters. The number of hydrogen-bond donors (Lipinski definition) is 2. The lowest BCUT2D eigenvalue weighted by molar-refractivity contribution is 0.0697. The zero-order valence-electron chi connectivity index (χ0n) is 10.4. The maximum absolute atomic E-state index is 10.9. The predicted octanol–water partition coefficient (Wildman–Crippen LogP) is 1.33. The maximum atomic E-state index is 10.9. The summed E-state index contributed by atoms with van der Waals surface area (Å²) in [6.45, 7) is 3.64. The first-order valence-corrected chi connectivity index (χ1v) is 6.33. The number of carbonyl (C=O) groups is 1. The van der Waals surface area contributed by atoms with Crippen LogP contribution >= 0.6 is 0 Å². The van der Waals surface area contributed by atoms with Crippen LogP contribution in [-0.4, -0.2) is 42.2 Å². The molecule has 0 unspecified atom stereocenters. The van der Waals surface area contributed by atoms with Gasteiger partial charge in [-0.2, -0.15) is 4.98 Å². The summed E-state index contributed by atoms with van der Waals surface area (Å²) in [6.07, 6.45) is 1.04. The van der Waals surface area contributed by atoms with Crippen LogP contribution in [0.3, 0.4) is 0 Å². The number of benzene rings is 1. The van der Waals surface area contributed by atoms with Crippen LogP contribution in [0.5, 0.6) is 0 Å². The number of aromatic carboxylic acids is 1. The van der Waals surface area contributed by atoms with Crippen LogP contribution in [0.2, 0.25) is 0 Å². The van der Waals surface area contributed by atoms with Gasteiger partial charge in [0.2, 0.25) is 0 Å². The number of fused-ring (bicyclic) bond motifs is 1. The molecule has 2 N–H and O–H groups in total. The fourth-order valence-corrected chi connectivity index (χ4v) is 2.22. The number of carboxylic acids is 1. The molecule has 6 heteroatoms. The number of rotatable bonds is 2. The molecule has 1 aromatic heterocycles. The van der Waals surface area contributed by atoms with Gasteiger partial charge in [0.25, 0.3) is 6.01 Å². The number of carboxylic acid groups (broad SMARTS) is 1. The smallest absolute Gasteiger partial charge is 0.335 e. The lowest BCUT2D eigenvalue weighted by Crippen LogP contribution is -2.27. The summed E-state index contributed by atoms with van der Waals surface area (Å²) in [7, 11) is 0. The molecule has 1 aromatic carbocycles. The van der Waals surface area contributed by atoms with Crippen LogP contribution in [-0.2, 0) is 0 Å². The second-order valence-electron chi connectivity index (χ2n) is 4.57. The van der Waals surface area contributed by atoms with Crippen molar-refractivity contribution in [3.05, 3.63) is 23.8 Å². The molecule has 1 aliphatic rings. The largest absolute Gasteiger partial charge is 0.478 e. The summed E-state index contributed by atoms with van der Waals surface area (Å²) in [5.41, 5.74) is 1.43. The fourth-order valence-electron chi connectivity index (χ4n) is 2.22. The normalized spacial score (nSPS) is 16.5. The number of oxazole rings is 1. The van der Waals surface area contributed by atoms with E-state index >= 15 is 0 Å². The molecule has 6 nitrogen and oxygen atoms in total. The molecule has 1 fully saturated rings. The lowest BCUT2D eigenvalue weighted by Gasteiger charge is -2.16. The van der Waals surface area contributed by atoms with E-state index in [9.17, 15) is 4.79 Å². The van der Waals surface area contributed by atoms with E-state index in [-0.39, 0.29) is 5.56 Å². The van der Waals surface area contributed by atoms with Crippen molar-refractivity contribution in [2.24, 2.45) is 0 Å². The van der Waals surface area contributed by atoms with Crippen LogP contribution in [0.4, 0.5) is 6.01 Å². The molecule has 0 spiro atoms. The zero-order valence-corrected chi connectivity index (χ0v) is 10.4. The summed E-state index contributed by atoms with van der Waals surface area (Å²) < 4.78 is 5.68. The highest BCUT2D eigenvalue weighted by Crippen LogP contribution is 2.23. The van der Waals surface area contributed by atoms with Crippen LogP contribution in [0, 0.1) is 0 Å². The highest BCUT2D eigenvalue weighted by atomic mass is 16.4. The first-order chi connectivity index (χ1) is 9.24. The van der Waals surface area contributed by atoms with Gasteiger partial charge < -0.3 is 19.7 Å². The second-order valence-corrected chi connectivity index (χ2v) is 4.57. The molecule has 0 saturated carbocycles. The summed E-state index contributed by atoms with van der Waals surface area (Å²) in [5.74, 6) is -0.959. The Morgan fingerprint density at radius 3 is 3.11 bits per heavy atom. The topological polar surface area (TPSA) is 78.6 Å². The standard InChI is InChI=1S/C13H15N3O3/c17-12(18)9-2-3-10-11(8-9)19-13(15-10)16-6-1-4-14-5-7-16/h2-3,8,14H,1,4-7H2,(H,17,18). The molecule has 2 heterocycles. The van der Waals surface area contributed by atoms with Crippen molar-refractivity contribution in [2.45, 2.75) is 6.42 Å². The average molecular weight is 261 g/mol. The fraction of sp³-hybridized carbons (Fsp3) is 0.385. The van der Waals surface area contributed by atoms with Gasteiger partial charge >= 0.3 is 5.97 Å². The summed E-state index contributed by atoms with van der Waals surface area (Å²) in [4.78, 5) is 17.4. The number of aromatic nitrogens is 1. The summed E-state index contributed by atoms with van der Waals surface area (Å²) in [6, 6.07) is 5.31. The Hall–Kier alpha value is -2.08. The molecular weight excluding hydrogens is 246 g/mol. The lowest BCUT2D eigenvalue weighted by atomic mass is 10.2. The minimum absolute atomic E-state index is 0.215. The number of hydrogen-bond acceptors (Lipinski definition) is 5. The van der Waals surface area contributed by atoms with Gasteiger partial charge in [0.05, 0.1) is 5.56 Å². The van der Waals surface area contributed by atoms with Crippen LogP contribution in [0.25, 0.3) is 11.1 Å². The minimum atomic E-state index is -0.959. The van der Waals surface area contributed by atoms with E-state index < -0.39 is 5.97 Å². The summed E-state index contributed by atoms with van der Waals surface area (Å²) >= 11 is 0. The molecule has 100 valence electrons. The Labute approximate surface area is 110 Å². The highest BCUT2D eigenvalue weighted by Gasteiger charge is 2.16. The summed E-state index contributed by atoms with van der Waals surface area (Å²) in [5, 5.41) is 12.3. The van der Waals surface area contributed by atoms with E-state index in [1.165, 1.54) is 6.07 Å². The second kappa shape index (κ2) is 4.89. The van der Waals surface area contributed by atoms with E-state index in [2.05, 4.69) is 15.2 Å². The van der Waals surface area contributed by atoms with Crippen LogP contribution < -0.4 is 10.2 Å². The van der Waals surface area contributed by atoms with Crippen molar-refractivity contribution >= 4 is 23.1 Å². The molecule has 3 rings (SSSR count). The molecule has 1 aliphatic heterocycles. The first-order valence-electron chi connectivity index (χ1n) is 6.33. The number of nitrogens with zero attached hydrogens (tertiary/aromatic N) is 2. The van der Waals surface area contributed by atoms with E-state index in [0.29, 0.717) is 17.1 Å². The van der Waals surface area contributed by atoms with Crippen molar-refractivity contribution in [2.75, 3.05) is 31.1 Å². The van der Waals surface area contributed by atoms with Crippen molar-refractivity contribution in [1.82, 2.24) is 10.3 Å². The minimum Gasteiger partial charge on any atom is -0.478 e. The first kappa shape index (κ1) is 12.0. The van der Waals surface area contributed by atoms with E-state index in [0.717, 1.165) is 32.6 Å². The van der Waals surface area contributed by atoms with Crippen molar-refractivity contribution < 1.29 is 14.3 Å². The third-order valence-corrected chi connectivity index (χ3v) is 3.23. The number of nitrogens with one attached hydrogen (secondary N) is 1. The van der Waals surface area contributed by atoms with E-state index in [4.69, 9.17) is 9.52 Å². The van der Waals surface area contributed by atoms with Gasteiger partial charge in [0.15, 0.2) is 5.58 Å². The zero-order chi connectivity index (χ0) is 13.2. The van der Waals surface area contributed by atoms with Gasteiger partial charge in [0.1, 0.15) is 5.52 Å². The van der Waals surface area contributed by atoms with Gasteiger partial charge in [-0.05, 0) is 31.2 Å². The molecule has 0 aliphatic carbocycles. The van der Waals surface area contributed by atoms with E-state index in [1.54, 1.807) is 12.1 Å². The Morgan fingerprint density at radius 1 is 1.37 bits per heavy atom. The van der Waals surface area contributed by atoms with Crippen LogP contribution in [0.1, 0.15) is 16.8 Å². The molecule has 0 radical (unpaired) electrons. The molecule has 1 saturated heterocycles. The molecule has 0 bridgehead atoms. The Bertz CT molecular complexity index is 600.